The van der Waals surface area contributed by atoms with Crippen LogP contribution < -0.4 is 4.90 Å². The summed E-state index contributed by atoms with van der Waals surface area (Å²) in [6.07, 6.45) is 5.67. The smallest absolute Gasteiger partial charge is 0.234 e. The Labute approximate surface area is 196 Å². The van der Waals surface area contributed by atoms with Crippen LogP contribution in [0.3, 0.4) is 0 Å². The molecule has 1 aromatic heterocycles. The second kappa shape index (κ2) is 9.05. The zero-order valence-corrected chi connectivity index (χ0v) is 18.7. The summed E-state index contributed by atoms with van der Waals surface area (Å²) in [5, 5.41) is 0. The fourth-order valence-corrected chi connectivity index (χ4v) is 5.44. The summed E-state index contributed by atoms with van der Waals surface area (Å²) < 4.78 is 26.8. The van der Waals surface area contributed by atoms with E-state index in [9.17, 15) is 18.4 Å². The Kier molecular flexibility index (Phi) is 5.94. The van der Waals surface area contributed by atoms with E-state index in [1.807, 2.05) is 0 Å². The first-order valence-corrected chi connectivity index (χ1v) is 11.6. The highest BCUT2D eigenvalue weighted by Gasteiger charge is 2.49. The average molecular weight is 462 g/mol. The van der Waals surface area contributed by atoms with E-state index in [1.165, 1.54) is 30.6 Å². The molecule has 2 aliphatic rings. The molecule has 34 heavy (non-hydrogen) atoms. The van der Waals surface area contributed by atoms with E-state index in [4.69, 9.17) is 0 Å². The Bertz CT molecular complexity index is 1230. The molecule has 1 aliphatic carbocycles. The van der Waals surface area contributed by atoms with Crippen LogP contribution in [-0.4, -0.2) is 28.2 Å². The standard InChI is InChI=1S/C27H25F2N3O2/c28-21-8-6-19(7-9-21)23-15-25(31-17-30-23)32-12-11-27(26(32)34)10-2-3-18(16-27)13-24(33)20-4-1-5-22(29)14-20/h1,4-9,14-15,17-18H,2-3,10-13,16H2/t18-,27+/m1/s1. The Hall–Kier alpha value is -3.48. The third-order valence-corrected chi connectivity index (χ3v) is 7.15. The van der Waals surface area contributed by atoms with Gasteiger partial charge in [0.15, 0.2) is 5.78 Å². The fourth-order valence-electron chi connectivity index (χ4n) is 5.44. The van der Waals surface area contributed by atoms with E-state index >= 15 is 0 Å². The minimum Gasteiger partial charge on any atom is -0.296 e. The van der Waals surface area contributed by atoms with Gasteiger partial charge in [0.25, 0.3) is 0 Å². The molecule has 3 aromatic rings. The minimum atomic E-state index is -0.494. The number of hydrogen-bond donors (Lipinski definition) is 0. The van der Waals surface area contributed by atoms with E-state index in [0.717, 1.165) is 24.8 Å². The molecule has 2 fully saturated rings. The van der Waals surface area contributed by atoms with Gasteiger partial charge < -0.3 is 0 Å². The highest BCUT2D eigenvalue weighted by Crippen LogP contribution is 2.48. The largest absolute Gasteiger partial charge is 0.296 e. The van der Waals surface area contributed by atoms with Crippen LogP contribution in [0, 0.1) is 23.0 Å². The van der Waals surface area contributed by atoms with Crippen LogP contribution in [0.1, 0.15) is 48.9 Å². The van der Waals surface area contributed by atoms with Crippen LogP contribution >= 0.6 is 0 Å². The number of halogens is 2. The Morgan fingerprint density at radius 2 is 1.85 bits per heavy atom. The maximum atomic E-state index is 13.6. The lowest BCUT2D eigenvalue weighted by Gasteiger charge is -2.36. The van der Waals surface area contributed by atoms with Crippen LogP contribution in [0.5, 0.6) is 0 Å². The van der Waals surface area contributed by atoms with Gasteiger partial charge in [0.2, 0.25) is 5.91 Å². The minimum absolute atomic E-state index is 0.0409. The van der Waals surface area contributed by atoms with Crippen LogP contribution in [0.2, 0.25) is 0 Å². The van der Waals surface area contributed by atoms with E-state index in [1.54, 1.807) is 35.2 Å². The summed E-state index contributed by atoms with van der Waals surface area (Å²) in [6, 6.07) is 13.6. The zero-order valence-electron chi connectivity index (χ0n) is 18.7. The number of ketones is 1. The van der Waals surface area contributed by atoms with E-state index < -0.39 is 11.2 Å². The number of rotatable bonds is 5. The topological polar surface area (TPSA) is 63.2 Å². The van der Waals surface area contributed by atoms with Crippen molar-refractivity contribution in [3.05, 3.63) is 78.1 Å². The monoisotopic (exact) mass is 461 g/mol. The number of anilines is 1. The molecule has 5 rings (SSSR count). The van der Waals surface area contributed by atoms with Crippen molar-refractivity contribution >= 4 is 17.5 Å². The molecule has 0 radical (unpaired) electrons. The van der Waals surface area contributed by atoms with Gasteiger partial charge >= 0.3 is 0 Å². The van der Waals surface area contributed by atoms with Crippen LogP contribution in [0.15, 0.2) is 60.9 Å². The molecule has 1 amide bonds. The molecule has 2 aromatic carbocycles. The van der Waals surface area contributed by atoms with Crippen LogP contribution in [0.4, 0.5) is 14.6 Å². The number of Topliss-reactive ketones (excluding diaryl/α,β-unsaturated/α-hetero) is 1. The second-order valence-electron chi connectivity index (χ2n) is 9.36. The van der Waals surface area contributed by atoms with Crippen molar-refractivity contribution in [2.45, 2.75) is 38.5 Å². The van der Waals surface area contributed by atoms with Crippen molar-refractivity contribution in [1.29, 1.82) is 0 Å². The highest BCUT2D eigenvalue weighted by atomic mass is 19.1. The predicted octanol–water partition coefficient (Wildman–Crippen LogP) is 5.61. The summed E-state index contributed by atoms with van der Waals surface area (Å²) in [7, 11) is 0. The quantitative estimate of drug-likeness (QED) is 0.464. The Morgan fingerprint density at radius 3 is 2.65 bits per heavy atom. The van der Waals surface area contributed by atoms with Gasteiger partial charge in [-0.3, -0.25) is 14.5 Å². The van der Waals surface area contributed by atoms with Gasteiger partial charge in [-0.05, 0) is 68.0 Å². The molecule has 1 aliphatic heterocycles. The van der Waals surface area contributed by atoms with Gasteiger partial charge in [0, 0.05) is 30.2 Å². The summed E-state index contributed by atoms with van der Waals surface area (Å²) in [5.41, 5.74) is 1.26. The molecule has 7 heteroatoms. The first-order chi connectivity index (χ1) is 16.4. The van der Waals surface area contributed by atoms with Crippen molar-refractivity contribution in [3.63, 3.8) is 0 Å². The number of carbonyl (C=O) groups is 2. The van der Waals surface area contributed by atoms with Gasteiger partial charge in [-0.1, -0.05) is 18.6 Å². The number of nitrogens with zero attached hydrogens (tertiary/aromatic N) is 3. The molecule has 1 saturated heterocycles. The molecule has 2 atom stereocenters. The number of amides is 1. The maximum Gasteiger partial charge on any atom is 0.234 e. The van der Waals surface area contributed by atoms with Crippen molar-refractivity contribution in [2.24, 2.45) is 11.3 Å². The molecular formula is C27H25F2N3O2. The number of carbonyl (C=O) groups excluding carboxylic acids is 2. The maximum absolute atomic E-state index is 13.6. The first kappa shape index (κ1) is 22.3. The average Bonchev–Trinajstić information content (AvgIpc) is 3.14. The lowest BCUT2D eigenvalue weighted by molar-refractivity contribution is -0.128. The third-order valence-electron chi connectivity index (χ3n) is 7.15. The Balaban J connectivity index is 1.31. The van der Waals surface area contributed by atoms with Gasteiger partial charge in [0.05, 0.1) is 11.1 Å². The lowest BCUT2D eigenvalue weighted by Crippen LogP contribution is -2.39. The molecule has 5 nitrogen and oxygen atoms in total. The van der Waals surface area contributed by atoms with Crippen molar-refractivity contribution in [3.8, 4) is 11.3 Å². The molecule has 0 N–H and O–H groups in total. The summed E-state index contributed by atoms with van der Waals surface area (Å²) in [4.78, 5) is 36.7. The van der Waals surface area contributed by atoms with Crippen LogP contribution in [-0.2, 0) is 4.79 Å². The molecule has 2 heterocycles. The van der Waals surface area contributed by atoms with Crippen LogP contribution in [0.25, 0.3) is 11.3 Å². The summed E-state index contributed by atoms with van der Waals surface area (Å²) in [5.74, 6) is -0.152. The molecule has 1 spiro atoms. The number of benzene rings is 2. The molecule has 174 valence electrons. The van der Waals surface area contributed by atoms with Gasteiger partial charge in [0.1, 0.15) is 23.8 Å². The van der Waals surface area contributed by atoms with E-state index in [2.05, 4.69) is 9.97 Å². The molecule has 0 bridgehead atoms. The van der Waals surface area contributed by atoms with Gasteiger partial charge in [-0.15, -0.1) is 0 Å². The van der Waals surface area contributed by atoms with E-state index in [0.29, 0.717) is 42.9 Å². The third kappa shape index (κ3) is 4.34. The zero-order chi connectivity index (χ0) is 23.7. The lowest BCUT2D eigenvalue weighted by atomic mass is 9.67. The number of hydrogen-bond acceptors (Lipinski definition) is 4. The summed E-state index contributed by atoms with van der Waals surface area (Å²) in [6.45, 7) is 0.559. The van der Waals surface area contributed by atoms with Crippen molar-refractivity contribution < 1.29 is 18.4 Å². The van der Waals surface area contributed by atoms with Crippen molar-refractivity contribution in [1.82, 2.24) is 9.97 Å². The normalized spacial score (nSPS) is 22.4. The SMILES string of the molecule is O=C(C[C@H]1CCC[C@]2(CCN(c3cc(-c4ccc(F)cc4)ncn3)C2=O)C1)c1cccc(F)c1. The number of aromatic nitrogens is 2. The predicted molar refractivity (Wildman–Crippen MR) is 124 cm³/mol. The van der Waals surface area contributed by atoms with Crippen molar-refractivity contribution in [2.75, 3.05) is 11.4 Å². The van der Waals surface area contributed by atoms with Gasteiger partial charge in [-0.2, -0.15) is 0 Å². The van der Waals surface area contributed by atoms with Gasteiger partial charge in [-0.25, -0.2) is 18.7 Å². The van der Waals surface area contributed by atoms with E-state index in [-0.39, 0.29) is 23.4 Å². The molecule has 0 unspecified atom stereocenters. The highest BCUT2D eigenvalue weighted by molar-refractivity contribution is 6.00. The molecule has 1 saturated carbocycles. The Morgan fingerprint density at radius 1 is 1.03 bits per heavy atom. The molecular weight excluding hydrogens is 436 g/mol. The first-order valence-electron chi connectivity index (χ1n) is 11.6. The second-order valence-corrected chi connectivity index (χ2v) is 9.36. The fraction of sp³-hybridized carbons (Fsp3) is 0.333. The summed E-state index contributed by atoms with van der Waals surface area (Å²) >= 11 is 0.